The predicted octanol–water partition coefficient (Wildman–Crippen LogP) is 3.63. The van der Waals surface area contributed by atoms with E-state index in [4.69, 9.17) is 19.7 Å². The number of para-hydroxylation sites is 1. The van der Waals surface area contributed by atoms with Gasteiger partial charge in [-0.25, -0.2) is 9.97 Å². The van der Waals surface area contributed by atoms with Crippen molar-refractivity contribution in [2.45, 2.75) is 26.7 Å². The minimum absolute atomic E-state index is 0.208. The van der Waals surface area contributed by atoms with Crippen LogP contribution in [0.2, 0.25) is 0 Å². The molecule has 0 amide bonds. The first-order valence-corrected chi connectivity index (χ1v) is 12.6. The molecule has 178 valence electrons. The van der Waals surface area contributed by atoms with E-state index in [-0.39, 0.29) is 12.5 Å². The zero-order valence-corrected chi connectivity index (χ0v) is 20.3. The number of hydrogen-bond acceptors (Lipinski definition) is 9. The zero-order chi connectivity index (χ0) is 23.0. The van der Waals surface area contributed by atoms with Gasteiger partial charge in [0.15, 0.2) is 0 Å². The standard InChI is InChI=1S/C24H34N6O2S/c1-3-18(16-31)8-9-25-22-21(23-28-19-6-4-5-7-20(19)33-23)17(2)27-24(29-22)26-10-11-30-12-14-32-15-13-30/h4-7,18,31H,3,8-16H2,1-2H3,(H2,25,26,27,29). The Labute approximate surface area is 199 Å². The second-order valence-electron chi connectivity index (χ2n) is 8.40. The number of thiazole rings is 1. The van der Waals surface area contributed by atoms with Crippen molar-refractivity contribution in [3.8, 4) is 10.6 Å². The van der Waals surface area contributed by atoms with Crippen molar-refractivity contribution in [3.63, 3.8) is 0 Å². The Morgan fingerprint density at radius 2 is 1.94 bits per heavy atom. The zero-order valence-electron chi connectivity index (χ0n) is 19.5. The summed E-state index contributed by atoms with van der Waals surface area (Å²) in [4.78, 5) is 16.8. The highest BCUT2D eigenvalue weighted by molar-refractivity contribution is 7.21. The molecule has 3 N–H and O–H groups in total. The van der Waals surface area contributed by atoms with E-state index < -0.39 is 0 Å². The number of aliphatic hydroxyl groups excluding tert-OH is 1. The maximum absolute atomic E-state index is 9.55. The molecule has 4 rings (SSSR count). The van der Waals surface area contributed by atoms with Crippen LogP contribution in [-0.4, -0.2) is 77.5 Å². The molecule has 9 heteroatoms. The Morgan fingerprint density at radius 1 is 1.12 bits per heavy atom. The maximum Gasteiger partial charge on any atom is 0.224 e. The van der Waals surface area contributed by atoms with Crippen molar-refractivity contribution >= 4 is 33.3 Å². The summed E-state index contributed by atoms with van der Waals surface area (Å²) in [6.07, 6.45) is 1.84. The van der Waals surface area contributed by atoms with Crippen molar-refractivity contribution in [2.75, 3.05) is 63.2 Å². The average molecular weight is 471 g/mol. The number of anilines is 2. The summed E-state index contributed by atoms with van der Waals surface area (Å²) < 4.78 is 6.58. The van der Waals surface area contributed by atoms with Gasteiger partial charge in [0.1, 0.15) is 10.8 Å². The van der Waals surface area contributed by atoms with Crippen molar-refractivity contribution < 1.29 is 9.84 Å². The highest BCUT2D eigenvalue weighted by atomic mass is 32.1. The summed E-state index contributed by atoms with van der Waals surface area (Å²) in [5, 5.41) is 17.4. The number of nitrogens with one attached hydrogen (secondary N) is 2. The van der Waals surface area contributed by atoms with Gasteiger partial charge in [0, 0.05) is 39.3 Å². The SMILES string of the molecule is CCC(CO)CCNc1nc(NCCN2CCOCC2)nc(C)c1-c1nc2ccccc2s1. The van der Waals surface area contributed by atoms with Crippen LogP contribution < -0.4 is 10.6 Å². The van der Waals surface area contributed by atoms with E-state index in [9.17, 15) is 5.11 Å². The molecule has 2 aromatic heterocycles. The van der Waals surface area contributed by atoms with E-state index >= 15 is 0 Å². The number of rotatable bonds is 11. The van der Waals surface area contributed by atoms with Crippen LogP contribution in [0, 0.1) is 12.8 Å². The molecular weight excluding hydrogens is 436 g/mol. The molecule has 1 fully saturated rings. The smallest absolute Gasteiger partial charge is 0.224 e. The largest absolute Gasteiger partial charge is 0.396 e. The van der Waals surface area contributed by atoms with Gasteiger partial charge < -0.3 is 20.5 Å². The second-order valence-corrected chi connectivity index (χ2v) is 9.43. The van der Waals surface area contributed by atoms with Gasteiger partial charge in [0.25, 0.3) is 0 Å². The highest BCUT2D eigenvalue weighted by Crippen LogP contribution is 2.36. The van der Waals surface area contributed by atoms with Crippen molar-refractivity contribution in [3.05, 3.63) is 30.0 Å². The number of ether oxygens (including phenoxy) is 1. The molecule has 0 radical (unpaired) electrons. The van der Waals surface area contributed by atoms with Crippen LogP contribution in [0.5, 0.6) is 0 Å². The minimum atomic E-state index is 0.208. The van der Waals surface area contributed by atoms with E-state index in [0.717, 1.165) is 91.1 Å². The fourth-order valence-electron chi connectivity index (χ4n) is 3.98. The predicted molar refractivity (Wildman–Crippen MR) is 135 cm³/mol. The van der Waals surface area contributed by atoms with E-state index in [1.807, 2.05) is 25.1 Å². The number of benzene rings is 1. The van der Waals surface area contributed by atoms with Crippen LogP contribution in [-0.2, 0) is 4.74 Å². The molecule has 33 heavy (non-hydrogen) atoms. The second kappa shape index (κ2) is 11.7. The molecule has 0 bridgehead atoms. The molecule has 0 saturated carbocycles. The van der Waals surface area contributed by atoms with Crippen LogP contribution in [0.25, 0.3) is 20.8 Å². The number of hydrogen-bond donors (Lipinski definition) is 3. The summed E-state index contributed by atoms with van der Waals surface area (Å²) in [7, 11) is 0. The lowest BCUT2D eigenvalue weighted by Crippen LogP contribution is -2.39. The third-order valence-corrected chi connectivity index (χ3v) is 7.15. The molecule has 8 nitrogen and oxygen atoms in total. The first kappa shape index (κ1) is 23.8. The van der Waals surface area contributed by atoms with Gasteiger partial charge in [-0.1, -0.05) is 25.5 Å². The Bertz CT molecular complexity index is 1000. The molecule has 1 atom stereocenters. The molecular formula is C24H34N6O2S. The fraction of sp³-hybridized carbons (Fsp3) is 0.542. The molecule has 1 aromatic carbocycles. The third-order valence-electron chi connectivity index (χ3n) is 6.09. The highest BCUT2D eigenvalue weighted by Gasteiger charge is 2.18. The number of aromatic nitrogens is 3. The van der Waals surface area contributed by atoms with Crippen molar-refractivity contribution in [1.29, 1.82) is 0 Å². The lowest BCUT2D eigenvalue weighted by Gasteiger charge is -2.26. The van der Waals surface area contributed by atoms with Crippen LogP contribution >= 0.6 is 11.3 Å². The third kappa shape index (κ3) is 6.17. The van der Waals surface area contributed by atoms with Crippen molar-refractivity contribution in [2.24, 2.45) is 5.92 Å². The number of aryl methyl sites for hydroxylation is 1. The molecule has 1 unspecified atom stereocenters. The maximum atomic E-state index is 9.55. The Kier molecular flexibility index (Phi) is 8.44. The normalized spacial score (nSPS) is 15.6. The van der Waals surface area contributed by atoms with Crippen LogP contribution in [0.1, 0.15) is 25.5 Å². The number of morpholine rings is 1. The Balaban J connectivity index is 1.54. The molecule has 1 aliphatic heterocycles. The summed E-state index contributed by atoms with van der Waals surface area (Å²) in [5.41, 5.74) is 2.84. The molecule has 0 aliphatic carbocycles. The van der Waals surface area contributed by atoms with E-state index in [1.165, 1.54) is 0 Å². The summed E-state index contributed by atoms with van der Waals surface area (Å²) in [6, 6.07) is 8.17. The number of fused-ring (bicyclic) bond motifs is 1. The lowest BCUT2D eigenvalue weighted by atomic mass is 10.0. The monoisotopic (exact) mass is 470 g/mol. The quantitative estimate of drug-likeness (QED) is 0.391. The van der Waals surface area contributed by atoms with Crippen LogP contribution in [0.4, 0.5) is 11.8 Å². The minimum Gasteiger partial charge on any atom is -0.396 e. The summed E-state index contributed by atoms with van der Waals surface area (Å²) in [6.45, 7) is 10.3. The van der Waals surface area contributed by atoms with Gasteiger partial charge in [-0.05, 0) is 31.4 Å². The Hall–Kier alpha value is -2.33. The molecule has 3 aromatic rings. The average Bonchev–Trinajstić information content (AvgIpc) is 3.26. The van der Waals surface area contributed by atoms with Gasteiger partial charge in [-0.15, -0.1) is 11.3 Å². The first-order chi connectivity index (χ1) is 16.2. The van der Waals surface area contributed by atoms with E-state index in [1.54, 1.807) is 11.3 Å². The summed E-state index contributed by atoms with van der Waals surface area (Å²) in [5.74, 6) is 1.71. The molecule has 1 aliphatic rings. The van der Waals surface area contributed by atoms with Gasteiger partial charge >= 0.3 is 0 Å². The summed E-state index contributed by atoms with van der Waals surface area (Å²) >= 11 is 1.66. The van der Waals surface area contributed by atoms with E-state index in [0.29, 0.717) is 5.95 Å². The Morgan fingerprint density at radius 3 is 2.70 bits per heavy atom. The molecule has 3 heterocycles. The fourth-order valence-corrected chi connectivity index (χ4v) is 5.05. The van der Waals surface area contributed by atoms with Crippen molar-refractivity contribution in [1.82, 2.24) is 19.9 Å². The topological polar surface area (TPSA) is 95.4 Å². The first-order valence-electron chi connectivity index (χ1n) is 11.8. The molecule has 0 spiro atoms. The number of aliphatic hydroxyl groups is 1. The number of nitrogens with zero attached hydrogens (tertiary/aromatic N) is 4. The van der Waals surface area contributed by atoms with Gasteiger partial charge in [-0.3, -0.25) is 4.90 Å². The van der Waals surface area contributed by atoms with E-state index in [2.05, 4.69) is 28.5 Å². The van der Waals surface area contributed by atoms with Crippen LogP contribution in [0.15, 0.2) is 24.3 Å². The lowest BCUT2D eigenvalue weighted by molar-refractivity contribution is 0.0398. The van der Waals surface area contributed by atoms with Crippen LogP contribution in [0.3, 0.4) is 0 Å². The van der Waals surface area contributed by atoms with Gasteiger partial charge in [0.2, 0.25) is 5.95 Å². The van der Waals surface area contributed by atoms with Gasteiger partial charge in [-0.2, -0.15) is 4.98 Å². The molecule has 1 saturated heterocycles. The van der Waals surface area contributed by atoms with Gasteiger partial charge in [0.05, 0.1) is 34.7 Å².